The van der Waals surface area contributed by atoms with Crippen molar-refractivity contribution < 1.29 is 23.9 Å². The van der Waals surface area contributed by atoms with Gasteiger partial charge in [-0.3, -0.25) is 14.4 Å². The number of rotatable bonds is 8. The highest BCUT2D eigenvalue weighted by molar-refractivity contribution is 5.96. The third-order valence-electron chi connectivity index (χ3n) is 2.50. The fourth-order valence-corrected chi connectivity index (χ4v) is 1.51. The van der Waals surface area contributed by atoms with E-state index in [1.54, 1.807) is 6.92 Å². The van der Waals surface area contributed by atoms with Crippen LogP contribution >= 0.6 is 0 Å². The molecule has 0 N–H and O–H groups in total. The van der Waals surface area contributed by atoms with Crippen LogP contribution in [0.5, 0.6) is 0 Å². The topological polar surface area (TPSA) is 69.7 Å². The number of hydrogen-bond donors (Lipinski definition) is 0. The normalized spacial score (nSPS) is 9.85. The number of Topliss-reactive ketones (excluding diaryl/α,β-unsaturated/α-hetero) is 1. The van der Waals surface area contributed by atoms with Crippen LogP contribution in [0, 0.1) is 0 Å². The Labute approximate surface area is 117 Å². The minimum absolute atomic E-state index is 0.00750. The van der Waals surface area contributed by atoms with Crippen LogP contribution in [0.4, 0.5) is 0 Å². The van der Waals surface area contributed by atoms with Gasteiger partial charge in [0.2, 0.25) is 0 Å². The van der Waals surface area contributed by atoms with Crippen molar-refractivity contribution in [2.45, 2.75) is 32.8 Å². The van der Waals surface area contributed by atoms with Crippen molar-refractivity contribution >= 4 is 17.7 Å². The zero-order valence-corrected chi connectivity index (χ0v) is 11.5. The van der Waals surface area contributed by atoms with Gasteiger partial charge in [0.1, 0.15) is 18.8 Å². The molecule has 0 aliphatic heterocycles. The molecule has 5 heteroatoms. The van der Waals surface area contributed by atoms with Gasteiger partial charge >= 0.3 is 11.9 Å². The average Bonchev–Trinajstić information content (AvgIpc) is 2.44. The van der Waals surface area contributed by atoms with E-state index >= 15 is 0 Å². The maximum absolute atomic E-state index is 11.4. The largest absolute Gasteiger partial charge is 0.466 e. The average molecular weight is 278 g/mol. The van der Waals surface area contributed by atoms with Crippen LogP contribution in [0.15, 0.2) is 30.3 Å². The summed E-state index contributed by atoms with van der Waals surface area (Å²) in [5, 5.41) is 0. The molecule has 0 aliphatic carbocycles. The van der Waals surface area contributed by atoms with Gasteiger partial charge in [0.05, 0.1) is 13.0 Å². The van der Waals surface area contributed by atoms with Crippen molar-refractivity contribution in [3.63, 3.8) is 0 Å². The molecule has 0 radical (unpaired) electrons. The molecule has 0 saturated carbocycles. The Morgan fingerprint density at radius 2 is 1.65 bits per heavy atom. The van der Waals surface area contributed by atoms with Gasteiger partial charge in [0.15, 0.2) is 0 Å². The second-order valence-corrected chi connectivity index (χ2v) is 4.17. The predicted octanol–water partition coefficient (Wildman–Crippen LogP) is 2.03. The Balaban J connectivity index is 2.19. The zero-order valence-electron chi connectivity index (χ0n) is 11.5. The van der Waals surface area contributed by atoms with E-state index in [1.807, 2.05) is 30.3 Å². The Morgan fingerprint density at radius 1 is 0.950 bits per heavy atom. The summed E-state index contributed by atoms with van der Waals surface area (Å²) in [6, 6.07) is 9.27. The van der Waals surface area contributed by atoms with Crippen molar-refractivity contribution in [3.8, 4) is 0 Å². The molecule has 0 aliphatic rings. The first-order valence-corrected chi connectivity index (χ1v) is 6.48. The Morgan fingerprint density at radius 3 is 2.30 bits per heavy atom. The number of carbonyl (C=O) groups is 3. The molecule has 0 spiro atoms. The maximum Gasteiger partial charge on any atom is 0.313 e. The molecule has 0 fully saturated rings. The molecule has 5 nitrogen and oxygen atoms in total. The first-order chi connectivity index (χ1) is 9.61. The molecule has 0 atom stereocenters. The smallest absolute Gasteiger partial charge is 0.313 e. The van der Waals surface area contributed by atoms with Crippen LogP contribution in [0.3, 0.4) is 0 Å². The molecule has 0 amide bonds. The number of ketones is 1. The van der Waals surface area contributed by atoms with Crippen LogP contribution in [-0.4, -0.2) is 24.3 Å². The van der Waals surface area contributed by atoms with Gasteiger partial charge in [-0.1, -0.05) is 30.3 Å². The van der Waals surface area contributed by atoms with Crippen molar-refractivity contribution in [3.05, 3.63) is 35.9 Å². The van der Waals surface area contributed by atoms with Gasteiger partial charge in [-0.2, -0.15) is 0 Å². The molecule has 0 saturated heterocycles. The summed E-state index contributed by atoms with van der Waals surface area (Å²) >= 11 is 0. The third-order valence-corrected chi connectivity index (χ3v) is 2.50. The second kappa shape index (κ2) is 8.85. The standard InChI is InChI=1S/C15H18O5/c1-2-19-15(18)10-13(16)8-9-14(17)20-11-12-6-4-3-5-7-12/h3-7H,2,8-11H2,1H3. The van der Waals surface area contributed by atoms with Crippen LogP contribution in [-0.2, 0) is 30.5 Å². The van der Waals surface area contributed by atoms with Gasteiger partial charge in [0, 0.05) is 6.42 Å². The van der Waals surface area contributed by atoms with E-state index < -0.39 is 11.9 Å². The number of carbonyl (C=O) groups excluding carboxylic acids is 3. The number of esters is 2. The highest BCUT2D eigenvalue weighted by Gasteiger charge is 2.13. The lowest BCUT2D eigenvalue weighted by Crippen LogP contribution is -2.13. The zero-order chi connectivity index (χ0) is 14.8. The van der Waals surface area contributed by atoms with Crippen molar-refractivity contribution in [1.29, 1.82) is 0 Å². The maximum atomic E-state index is 11.4. The van der Waals surface area contributed by atoms with E-state index in [9.17, 15) is 14.4 Å². The SMILES string of the molecule is CCOC(=O)CC(=O)CCC(=O)OCc1ccccc1. The predicted molar refractivity (Wildman–Crippen MR) is 71.7 cm³/mol. The lowest BCUT2D eigenvalue weighted by molar-refractivity contribution is -0.149. The quantitative estimate of drug-likeness (QED) is 0.537. The van der Waals surface area contributed by atoms with Crippen LogP contribution in [0.1, 0.15) is 31.7 Å². The van der Waals surface area contributed by atoms with Gasteiger partial charge < -0.3 is 9.47 Å². The van der Waals surface area contributed by atoms with E-state index in [4.69, 9.17) is 4.74 Å². The van der Waals surface area contributed by atoms with Crippen LogP contribution < -0.4 is 0 Å². The molecule has 1 aromatic carbocycles. The van der Waals surface area contributed by atoms with E-state index in [1.165, 1.54) is 0 Å². The summed E-state index contributed by atoms with van der Waals surface area (Å²) in [7, 11) is 0. The number of benzene rings is 1. The highest BCUT2D eigenvalue weighted by Crippen LogP contribution is 2.04. The van der Waals surface area contributed by atoms with E-state index in [2.05, 4.69) is 4.74 Å². The second-order valence-electron chi connectivity index (χ2n) is 4.17. The van der Waals surface area contributed by atoms with Gasteiger partial charge in [-0.25, -0.2) is 0 Å². The molecule has 0 bridgehead atoms. The molecule has 0 heterocycles. The van der Waals surface area contributed by atoms with Gasteiger partial charge in [-0.15, -0.1) is 0 Å². The molecule has 1 aromatic rings. The van der Waals surface area contributed by atoms with Gasteiger partial charge in [-0.05, 0) is 12.5 Å². The first-order valence-electron chi connectivity index (χ1n) is 6.48. The Kier molecular flexibility index (Phi) is 7.03. The lowest BCUT2D eigenvalue weighted by atomic mass is 10.1. The Hall–Kier alpha value is -2.17. The summed E-state index contributed by atoms with van der Waals surface area (Å²) in [5.74, 6) is -1.33. The molecule has 0 aromatic heterocycles. The minimum Gasteiger partial charge on any atom is -0.466 e. The molecular weight excluding hydrogens is 260 g/mol. The molecule has 20 heavy (non-hydrogen) atoms. The third kappa shape index (κ3) is 6.68. The Bertz CT molecular complexity index is 453. The summed E-state index contributed by atoms with van der Waals surface area (Å²) < 4.78 is 9.67. The van der Waals surface area contributed by atoms with Crippen LogP contribution in [0.25, 0.3) is 0 Å². The molecule has 1 rings (SSSR count). The molecular formula is C15H18O5. The lowest BCUT2D eigenvalue weighted by Gasteiger charge is -2.04. The molecule has 108 valence electrons. The molecule has 0 unspecified atom stereocenters. The van der Waals surface area contributed by atoms with E-state index in [0.717, 1.165) is 5.56 Å². The monoisotopic (exact) mass is 278 g/mol. The summed E-state index contributed by atoms with van der Waals surface area (Å²) in [6.07, 6.45) is -0.322. The van der Waals surface area contributed by atoms with Crippen molar-refractivity contribution in [1.82, 2.24) is 0 Å². The number of hydrogen-bond acceptors (Lipinski definition) is 5. The van der Waals surface area contributed by atoms with Gasteiger partial charge in [0.25, 0.3) is 0 Å². The highest BCUT2D eigenvalue weighted by atomic mass is 16.5. The summed E-state index contributed by atoms with van der Waals surface area (Å²) in [5.41, 5.74) is 0.888. The summed E-state index contributed by atoms with van der Waals surface area (Å²) in [4.78, 5) is 33.9. The first kappa shape index (κ1) is 15.9. The van der Waals surface area contributed by atoms with Crippen molar-refractivity contribution in [2.24, 2.45) is 0 Å². The van der Waals surface area contributed by atoms with Crippen LogP contribution in [0.2, 0.25) is 0 Å². The fraction of sp³-hybridized carbons (Fsp3) is 0.400. The minimum atomic E-state index is -0.560. The number of ether oxygens (including phenoxy) is 2. The summed E-state index contributed by atoms with van der Waals surface area (Å²) in [6.45, 7) is 2.10. The fourth-order valence-electron chi connectivity index (χ4n) is 1.51. The van der Waals surface area contributed by atoms with E-state index in [-0.39, 0.29) is 38.3 Å². The van der Waals surface area contributed by atoms with Crippen molar-refractivity contribution in [2.75, 3.05) is 6.61 Å². The van der Waals surface area contributed by atoms with E-state index in [0.29, 0.717) is 0 Å².